The molecule has 0 saturated carbocycles. The minimum absolute atomic E-state index is 0.0275. The van der Waals surface area contributed by atoms with E-state index in [0.29, 0.717) is 22.3 Å². The minimum Gasteiger partial charge on any atom is -0.386 e. The predicted octanol–water partition coefficient (Wildman–Crippen LogP) is 4.24. The molecule has 2 N–H and O–H groups in total. The Morgan fingerprint density at radius 2 is 1.71 bits per heavy atom. The Labute approximate surface area is 133 Å². The van der Waals surface area contributed by atoms with Crippen molar-refractivity contribution in [1.82, 2.24) is 0 Å². The van der Waals surface area contributed by atoms with Gasteiger partial charge >= 0.3 is 0 Å². The van der Waals surface area contributed by atoms with Crippen molar-refractivity contribution in [3.8, 4) is 0 Å². The molecule has 0 spiro atoms. The van der Waals surface area contributed by atoms with Gasteiger partial charge in [-0.1, -0.05) is 65.7 Å². The first kappa shape index (κ1) is 14.1. The van der Waals surface area contributed by atoms with Gasteiger partial charge < -0.3 is 5.73 Å². The molecule has 0 bridgehead atoms. The molecule has 2 aromatic carbocycles. The fourth-order valence-corrected chi connectivity index (χ4v) is 2.84. The molecule has 1 heterocycles. The third-order valence-corrected chi connectivity index (χ3v) is 4.28. The molecular weight excluding hydrogens is 305 g/mol. The van der Waals surface area contributed by atoms with Crippen molar-refractivity contribution in [1.29, 1.82) is 0 Å². The van der Waals surface area contributed by atoms with Gasteiger partial charge in [0.2, 0.25) is 0 Å². The van der Waals surface area contributed by atoms with Crippen LogP contribution in [0.1, 0.15) is 23.5 Å². The average Bonchev–Trinajstić information content (AvgIpc) is 2.51. The maximum absolute atomic E-state index is 6.32. The quantitative estimate of drug-likeness (QED) is 0.884. The van der Waals surface area contributed by atoms with Crippen molar-refractivity contribution in [3.63, 3.8) is 0 Å². The Balaban J connectivity index is 2.11. The molecule has 1 unspecified atom stereocenters. The van der Waals surface area contributed by atoms with E-state index in [2.05, 4.69) is 22.3 Å². The third-order valence-electron chi connectivity index (χ3n) is 3.46. The second-order valence-electron chi connectivity index (χ2n) is 4.85. The average molecular weight is 318 g/mol. The third kappa shape index (κ3) is 2.80. The molecule has 1 aliphatic heterocycles. The van der Waals surface area contributed by atoms with Crippen LogP contribution in [0.25, 0.3) is 0 Å². The molecule has 3 nitrogen and oxygen atoms in total. The summed E-state index contributed by atoms with van der Waals surface area (Å²) in [6.07, 6.45) is 0.617. The highest BCUT2D eigenvalue weighted by Crippen LogP contribution is 2.33. The Morgan fingerprint density at radius 1 is 0.952 bits per heavy atom. The molecule has 5 heteroatoms. The van der Waals surface area contributed by atoms with E-state index in [-0.39, 0.29) is 5.92 Å². The first-order valence-corrected chi connectivity index (χ1v) is 7.31. The summed E-state index contributed by atoms with van der Waals surface area (Å²) >= 11 is 12.4. The molecule has 106 valence electrons. The molecule has 1 atom stereocenters. The summed E-state index contributed by atoms with van der Waals surface area (Å²) in [6, 6.07) is 15.6. The van der Waals surface area contributed by atoms with Gasteiger partial charge in [0.15, 0.2) is 0 Å². The summed E-state index contributed by atoms with van der Waals surface area (Å²) < 4.78 is 0. The number of benzene rings is 2. The Kier molecular flexibility index (Phi) is 3.95. The van der Waals surface area contributed by atoms with E-state index in [1.54, 1.807) is 6.07 Å². The minimum atomic E-state index is 0.0275. The zero-order valence-corrected chi connectivity index (χ0v) is 12.6. The Morgan fingerprint density at radius 3 is 2.48 bits per heavy atom. The fraction of sp³-hybridized carbons (Fsp3) is 0.125. The molecule has 0 saturated heterocycles. The van der Waals surface area contributed by atoms with Crippen molar-refractivity contribution in [2.45, 2.75) is 12.3 Å². The number of hydrogen-bond acceptors (Lipinski definition) is 3. The number of amidine groups is 1. The first-order valence-electron chi connectivity index (χ1n) is 6.56. The van der Waals surface area contributed by atoms with Crippen molar-refractivity contribution in [2.75, 3.05) is 0 Å². The van der Waals surface area contributed by atoms with Gasteiger partial charge in [-0.2, -0.15) is 5.10 Å². The SMILES string of the molecule is NC1=NN=C(c2cccc(Cl)c2Cl)C(c2ccccc2)C1. The molecule has 3 rings (SSSR count). The van der Waals surface area contributed by atoms with Gasteiger partial charge in [0.1, 0.15) is 5.84 Å². The van der Waals surface area contributed by atoms with E-state index in [1.807, 2.05) is 30.3 Å². The van der Waals surface area contributed by atoms with Crippen molar-refractivity contribution in [3.05, 3.63) is 69.7 Å². The molecule has 0 radical (unpaired) electrons. The number of halogens is 2. The van der Waals surface area contributed by atoms with Gasteiger partial charge in [0.05, 0.1) is 15.8 Å². The van der Waals surface area contributed by atoms with E-state index >= 15 is 0 Å². The second kappa shape index (κ2) is 5.88. The predicted molar refractivity (Wildman–Crippen MR) is 88.4 cm³/mol. The topological polar surface area (TPSA) is 50.7 Å². The van der Waals surface area contributed by atoms with Crippen molar-refractivity contribution < 1.29 is 0 Å². The normalized spacial score (nSPS) is 18.1. The molecule has 1 aliphatic rings. The molecule has 0 fully saturated rings. The highest BCUT2D eigenvalue weighted by atomic mass is 35.5. The van der Waals surface area contributed by atoms with Crippen molar-refractivity contribution in [2.24, 2.45) is 15.9 Å². The van der Waals surface area contributed by atoms with Crippen LogP contribution in [0.5, 0.6) is 0 Å². The van der Waals surface area contributed by atoms with Crippen LogP contribution in [-0.4, -0.2) is 11.5 Å². The summed E-state index contributed by atoms with van der Waals surface area (Å²) in [5, 5.41) is 9.29. The summed E-state index contributed by atoms with van der Waals surface area (Å²) in [7, 11) is 0. The lowest BCUT2D eigenvalue weighted by Gasteiger charge is -2.22. The van der Waals surface area contributed by atoms with E-state index < -0.39 is 0 Å². The number of rotatable bonds is 2. The zero-order chi connectivity index (χ0) is 14.8. The van der Waals surface area contributed by atoms with Gasteiger partial charge in [-0.25, -0.2) is 0 Å². The number of nitrogens with two attached hydrogens (primary N) is 1. The summed E-state index contributed by atoms with van der Waals surface area (Å²) in [6.45, 7) is 0. The molecule has 2 aromatic rings. The largest absolute Gasteiger partial charge is 0.386 e. The van der Waals surface area contributed by atoms with Gasteiger partial charge in [0.25, 0.3) is 0 Å². The smallest absolute Gasteiger partial charge is 0.123 e. The van der Waals surface area contributed by atoms with Crippen LogP contribution >= 0.6 is 23.2 Å². The Bertz CT molecular complexity index is 724. The van der Waals surface area contributed by atoms with Crippen LogP contribution in [0, 0.1) is 0 Å². The van der Waals surface area contributed by atoms with E-state index in [0.717, 1.165) is 16.8 Å². The summed E-state index contributed by atoms with van der Waals surface area (Å²) in [4.78, 5) is 0. The first-order chi connectivity index (χ1) is 10.2. The lowest BCUT2D eigenvalue weighted by atomic mass is 9.86. The molecular formula is C16H13Cl2N3. The molecule has 0 amide bonds. The van der Waals surface area contributed by atoms with Gasteiger partial charge in [0, 0.05) is 17.9 Å². The van der Waals surface area contributed by atoms with Gasteiger partial charge in [-0.15, -0.1) is 5.10 Å². The lowest BCUT2D eigenvalue weighted by Crippen LogP contribution is -2.26. The number of hydrogen-bond donors (Lipinski definition) is 1. The highest BCUT2D eigenvalue weighted by molar-refractivity contribution is 6.44. The fourth-order valence-electron chi connectivity index (χ4n) is 2.44. The van der Waals surface area contributed by atoms with Crippen LogP contribution in [-0.2, 0) is 0 Å². The molecule has 21 heavy (non-hydrogen) atoms. The highest BCUT2D eigenvalue weighted by Gasteiger charge is 2.26. The van der Waals surface area contributed by atoms with Gasteiger partial charge in [-0.3, -0.25) is 0 Å². The van der Waals surface area contributed by atoms with E-state index in [4.69, 9.17) is 28.9 Å². The monoisotopic (exact) mass is 317 g/mol. The van der Waals surface area contributed by atoms with Crippen molar-refractivity contribution >= 4 is 34.7 Å². The van der Waals surface area contributed by atoms with Crippen LogP contribution in [0.4, 0.5) is 0 Å². The zero-order valence-electron chi connectivity index (χ0n) is 11.1. The summed E-state index contributed by atoms with van der Waals surface area (Å²) in [5.41, 5.74) is 8.58. The van der Waals surface area contributed by atoms with Crippen LogP contribution in [0.2, 0.25) is 10.0 Å². The Hall–Kier alpha value is -1.84. The maximum atomic E-state index is 6.32. The van der Waals surface area contributed by atoms with Crippen LogP contribution in [0.15, 0.2) is 58.7 Å². The standard InChI is InChI=1S/C16H13Cl2N3/c17-13-8-4-7-11(15(13)18)16-12(9-14(19)20-21-16)10-5-2-1-3-6-10/h1-8,12H,9H2,(H2,19,20). The van der Waals surface area contributed by atoms with Crippen LogP contribution in [0.3, 0.4) is 0 Å². The van der Waals surface area contributed by atoms with Crippen LogP contribution < -0.4 is 5.73 Å². The maximum Gasteiger partial charge on any atom is 0.123 e. The number of nitrogens with zero attached hydrogens (tertiary/aromatic N) is 2. The lowest BCUT2D eigenvalue weighted by molar-refractivity contribution is 0.887. The molecule has 0 aliphatic carbocycles. The van der Waals surface area contributed by atoms with E-state index in [9.17, 15) is 0 Å². The van der Waals surface area contributed by atoms with E-state index in [1.165, 1.54) is 0 Å². The second-order valence-corrected chi connectivity index (χ2v) is 5.63. The van der Waals surface area contributed by atoms with Gasteiger partial charge in [-0.05, 0) is 11.6 Å². The summed E-state index contributed by atoms with van der Waals surface area (Å²) in [5.74, 6) is 0.547. The molecule has 0 aromatic heterocycles.